The first-order chi connectivity index (χ1) is 16.0. The minimum atomic E-state index is -1.12. The molecule has 3 aromatic carbocycles. The maximum Gasteiger partial charge on any atom is 0.340 e. The van der Waals surface area contributed by atoms with Gasteiger partial charge in [-0.1, -0.05) is 48.0 Å². The van der Waals surface area contributed by atoms with Gasteiger partial charge >= 0.3 is 5.97 Å². The number of rotatable bonds is 5. The van der Waals surface area contributed by atoms with Gasteiger partial charge in [0.25, 0.3) is 0 Å². The van der Waals surface area contributed by atoms with E-state index in [-0.39, 0.29) is 17.4 Å². The molecule has 5 rings (SSSR count). The summed E-state index contributed by atoms with van der Waals surface area (Å²) >= 11 is 0. The van der Waals surface area contributed by atoms with E-state index in [1.807, 2.05) is 36.2 Å². The van der Waals surface area contributed by atoms with Crippen molar-refractivity contribution >= 4 is 11.7 Å². The lowest BCUT2D eigenvalue weighted by atomic mass is 9.94. The van der Waals surface area contributed by atoms with Gasteiger partial charge in [-0.2, -0.15) is 5.10 Å². The third kappa shape index (κ3) is 3.46. The Hall–Kier alpha value is -4.00. The molecular weight excluding hydrogens is 420 g/mol. The minimum absolute atomic E-state index is 0.000956. The van der Waals surface area contributed by atoms with E-state index in [0.29, 0.717) is 17.7 Å². The zero-order chi connectivity index (χ0) is 23.1. The van der Waals surface area contributed by atoms with Crippen molar-refractivity contribution in [3.05, 3.63) is 88.5 Å². The summed E-state index contributed by atoms with van der Waals surface area (Å²) in [6.07, 6.45) is -0.0472. The van der Waals surface area contributed by atoms with E-state index in [2.05, 4.69) is 24.3 Å². The lowest BCUT2D eigenvalue weighted by Crippen LogP contribution is -2.34. The van der Waals surface area contributed by atoms with Crippen LogP contribution in [-0.4, -0.2) is 36.0 Å². The van der Waals surface area contributed by atoms with E-state index in [1.165, 1.54) is 19.8 Å². The summed E-state index contributed by atoms with van der Waals surface area (Å²) in [6.45, 7) is 2.05. The Bertz CT molecular complexity index is 1250. The summed E-state index contributed by atoms with van der Waals surface area (Å²) in [5, 5.41) is 16.9. The highest BCUT2D eigenvalue weighted by molar-refractivity contribution is 6.02. The molecule has 2 heterocycles. The predicted octanol–water partition coefficient (Wildman–Crippen LogP) is 4.95. The number of ether oxygens (including phenoxy) is 3. The molecule has 0 saturated carbocycles. The number of methoxy groups -OCH3 is 2. The van der Waals surface area contributed by atoms with Crippen LogP contribution in [-0.2, 0) is 0 Å². The average Bonchev–Trinajstić information content (AvgIpc) is 3.28. The van der Waals surface area contributed by atoms with Crippen LogP contribution in [0.4, 0.5) is 0 Å². The van der Waals surface area contributed by atoms with Crippen molar-refractivity contribution in [2.75, 3.05) is 14.2 Å². The van der Waals surface area contributed by atoms with Crippen LogP contribution in [0.5, 0.6) is 17.2 Å². The number of carboxylic acid groups (broad SMARTS) is 1. The number of hydrazone groups is 1. The highest BCUT2D eigenvalue weighted by atomic mass is 16.5. The molecule has 0 aliphatic carbocycles. The number of aromatic carboxylic acids is 1. The van der Waals surface area contributed by atoms with Gasteiger partial charge in [-0.25, -0.2) is 9.80 Å². The second kappa shape index (κ2) is 8.16. The SMILES string of the molecule is COc1ccc([C@@H]2Oc3ccccc3[C@@H]3CC(c4ccc(C)cc4)=NN32)c(C(=O)O)c1OC. The van der Waals surface area contributed by atoms with Crippen LogP contribution < -0.4 is 14.2 Å². The van der Waals surface area contributed by atoms with Crippen molar-refractivity contribution in [2.45, 2.75) is 25.6 Å². The largest absolute Gasteiger partial charge is 0.493 e. The number of carboxylic acids is 1. The molecule has 1 N–H and O–H groups in total. The standard InChI is InChI=1S/C26H24N2O5/c1-15-8-10-16(11-9-15)19-14-20-17-6-4-5-7-21(17)33-25(28(20)27-19)18-12-13-22(31-2)24(32-3)23(18)26(29)30/h4-13,20,25H,14H2,1-3H3,(H,29,30)/t20-,25-/m0/s1. The molecule has 168 valence electrons. The molecule has 0 amide bonds. The Labute approximate surface area is 191 Å². The van der Waals surface area contributed by atoms with Crippen molar-refractivity contribution in [1.82, 2.24) is 5.01 Å². The van der Waals surface area contributed by atoms with Crippen LogP contribution in [0.1, 0.15) is 51.3 Å². The molecule has 2 atom stereocenters. The molecule has 3 aromatic rings. The number of carbonyl (C=O) groups is 1. The number of hydrogen-bond donors (Lipinski definition) is 1. The first-order valence-electron chi connectivity index (χ1n) is 10.7. The molecule has 0 fully saturated rings. The smallest absolute Gasteiger partial charge is 0.340 e. The normalized spacial score (nSPS) is 18.6. The van der Waals surface area contributed by atoms with Gasteiger partial charge in [-0.15, -0.1) is 0 Å². The van der Waals surface area contributed by atoms with Gasteiger partial charge in [-0.05, 0) is 30.7 Å². The number of nitrogens with zero attached hydrogens (tertiary/aromatic N) is 2. The highest BCUT2D eigenvalue weighted by Gasteiger charge is 2.43. The Morgan fingerprint density at radius 3 is 2.48 bits per heavy atom. The van der Waals surface area contributed by atoms with E-state index < -0.39 is 12.2 Å². The number of aryl methyl sites for hydroxylation is 1. The van der Waals surface area contributed by atoms with Crippen molar-refractivity contribution in [2.24, 2.45) is 5.10 Å². The highest BCUT2D eigenvalue weighted by Crippen LogP contribution is 2.49. The summed E-state index contributed by atoms with van der Waals surface area (Å²) < 4.78 is 17.1. The zero-order valence-electron chi connectivity index (χ0n) is 18.6. The summed E-state index contributed by atoms with van der Waals surface area (Å²) in [5.41, 5.74) is 4.63. The molecule has 7 heteroatoms. The third-order valence-electron chi connectivity index (χ3n) is 6.14. The monoisotopic (exact) mass is 444 g/mol. The lowest BCUT2D eigenvalue weighted by molar-refractivity contribution is -0.0199. The molecule has 0 saturated heterocycles. The van der Waals surface area contributed by atoms with Gasteiger partial charge < -0.3 is 19.3 Å². The molecule has 33 heavy (non-hydrogen) atoms. The van der Waals surface area contributed by atoms with E-state index in [0.717, 1.165) is 22.6 Å². The topological polar surface area (TPSA) is 80.6 Å². The molecule has 0 aromatic heterocycles. The summed E-state index contributed by atoms with van der Waals surface area (Å²) in [4.78, 5) is 12.3. The van der Waals surface area contributed by atoms with E-state index in [1.54, 1.807) is 12.1 Å². The molecule has 7 nitrogen and oxygen atoms in total. The minimum Gasteiger partial charge on any atom is -0.493 e. The Balaban J connectivity index is 1.66. The van der Waals surface area contributed by atoms with Crippen LogP contribution in [0.3, 0.4) is 0 Å². The average molecular weight is 444 g/mol. The number of fused-ring (bicyclic) bond motifs is 3. The molecule has 0 radical (unpaired) electrons. The van der Waals surface area contributed by atoms with Gasteiger partial charge in [0.2, 0.25) is 6.23 Å². The Kier molecular flexibility index (Phi) is 5.17. The van der Waals surface area contributed by atoms with Gasteiger partial charge in [0, 0.05) is 17.5 Å². The number of hydrogen-bond acceptors (Lipinski definition) is 6. The number of benzene rings is 3. The van der Waals surface area contributed by atoms with E-state index in [4.69, 9.17) is 19.3 Å². The van der Waals surface area contributed by atoms with Gasteiger partial charge in [0.15, 0.2) is 11.5 Å². The fourth-order valence-electron chi connectivity index (χ4n) is 4.53. The quantitative estimate of drug-likeness (QED) is 0.600. The van der Waals surface area contributed by atoms with E-state index in [9.17, 15) is 9.90 Å². The summed E-state index contributed by atoms with van der Waals surface area (Å²) in [7, 11) is 2.91. The van der Waals surface area contributed by atoms with Gasteiger partial charge in [0.05, 0.1) is 26.0 Å². The van der Waals surface area contributed by atoms with Crippen molar-refractivity contribution in [3.8, 4) is 17.2 Å². The lowest BCUT2D eigenvalue weighted by Gasteiger charge is -2.38. The van der Waals surface area contributed by atoms with Crippen molar-refractivity contribution < 1.29 is 24.1 Å². The molecule has 2 aliphatic rings. The summed E-state index contributed by atoms with van der Waals surface area (Å²) in [5.74, 6) is 0.0945. The van der Waals surface area contributed by atoms with Crippen LogP contribution in [0, 0.1) is 6.92 Å². The fraction of sp³-hybridized carbons (Fsp3) is 0.231. The molecule has 0 bridgehead atoms. The van der Waals surface area contributed by atoms with Crippen molar-refractivity contribution in [3.63, 3.8) is 0 Å². The second-order valence-electron chi connectivity index (χ2n) is 8.09. The van der Waals surface area contributed by atoms with Crippen LogP contribution >= 0.6 is 0 Å². The Morgan fingerprint density at radius 1 is 1.03 bits per heavy atom. The first kappa shape index (κ1) is 20.9. The Morgan fingerprint density at radius 2 is 1.79 bits per heavy atom. The maximum atomic E-state index is 12.3. The first-order valence-corrected chi connectivity index (χ1v) is 10.7. The summed E-state index contributed by atoms with van der Waals surface area (Å²) in [6, 6.07) is 19.4. The molecule has 0 spiro atoms. The third-order valence-corrected chi connectivity index (χ3v) is 6.14. The molecule has 0 unspecified atom stereocenters. The molecular formula is C26H24N2O5. The second-order valence-corrected chi connectivity index (χ2v) is 8.09. The van der Waals surface area contributed by atoms with Gasteiger partial charge in [-0.3, -0.25) is 0 Å². The fourth-order valence-corrected chi connectivity index (χ4v) is 4.53. The molecule has 2 aliphatic heterocycles. The van der Waals surface area contributed by atoms with Crippen LogP contribution in [0.2, 0.25) is 0 Å². The van der Waals surface area contributed by atoms with Crippen LogP contribution in [0.25, 0.3) is 0 Å². The van der Waals surface area contributed by atoms with E-state index >= 15 is 0 Å². The van der Waals surface area contributed by atoms with Crippen LogP contribution in [0.15, 0.2) is 65.8 Å². The van der Waals surface area contributed by atoms with Crippen molar-refractivity contribution in [1.29, 1.82) is 0 Å². The maximum absolute atomic E-state index is 12.3. The zero-order valence-corrected chi connectivity index (χ0v) is 18.6. The van der Waals surface area contributed by atoms with Gasteiger partial charge in [0.1, 0.15) is 11.3 Å². The predicted molar refractivity (Wildman–Crippen MR) is 123 cm³/mol. The number of para-hydroxylation sites is 1.